The minimum Gasteiger partial charge on any atom is -0.360 e. The van der Waals surface area contributed by atoms with Gasteiger partial charge >= 0.3 is 0 Å². The monoisotopic (exact) mass is 315 g/mol. The Morgan fingerprint density at radius 3 is 2.62 bits per heavy atom. The van der Waals surface area contributed by atoms with E-state index in [4.69, 9.17) is 4.52 Å². The Hall–Kier alpha value is -0.920. The maximum Gasteiger partial charge on any atom is 0.248 e. The average Bonchev–Trinajstić information content (AvgIpc) is 2.79. The fourth-order valence-corrected chi connectivity index (χ4v) is 4.94. The summed E-state index contributed by atoms with van der Waals surface area (Å²) in [5.74, 6) is 0.711. The zero-order valence-electron chi connectivity index (χ0n) is 13.2. The lowest BCUT2D eigenvalue weighted by Crippen LogP contribution is -2.50. The number of nitrogens with one attached hydrogen (secondary N) is 1. The highest BCUT2D eigenvalue weighted by Crippen LogP contribution is 2.28. The summed E-state index contributed by atoms with van der Waals surface area (Å²) in [6.07, 6.45) is 1.81. The smallest absolute Gasteiger partial charge is 0.248 e. The number of rotatable bonds is 5. The summed E-state index contributed by atoms with van der Waals surface area (Å²) in [7, 11) is -3.51. The van der Waals surface area contributed by atoms with Gasteiger partial charge in [0.05, 0.1) is 0 Å². The highest BCUT2D eigenvalue weighted by Gasteiger charge is 2.37. The van der Waals surface area contributed by atoms with Gasteiger partial charge in [-0.25, -0.2) is 8.42 Å². The summed E-state index contributed by atoms with van der Waals surface area (Å²) in [6, 6.07) is 0.399. The van der Waals surface area contributed by atoms with Crippen LogP contribution in [0.3, 0.4) is 0 Å². The predicted octanol–water partition coefficient (Wildman–Crippen LogP) is 1.69. The van der Waals surface area contributed by atoms with E-state index in [1.807, 2.05) is 0 Å². The van der Waals surface area contributed by atoms with Gasteiger partial charge in [-0.3, -0.25) is 0 Å². The lowest BCUT2D eigenvalue weighted by Gasteiger charge is -2.37. The van der Waals surface area contributed by atoms with Crippen LogP contribution in [0.25, 0.3) is 0 Å². The van der Waals surface area contributed by atoms with Crippen LogP contribution in [0.5, 0.6) is 0 Å². The summed E-state index contributed by atoms with van der Waals surface area (Å²) in [5, 5.41) is 7.23. The molecule has 6 nitrogen and oxygen atoms in total. The van der Waals surface area contributed by atoms with E-state index in [1.165, 1.54) is 0 Å². The van der Waals surface area contributed by atoms with Crippen molar-refractivity contribution < 1.29 is 12.9 Å². The number of aryl methyl sites for hydroxylation is 2. The molecule has 0 spiro atoms. The number of nitrogens with zero attached hydrogens (tertiary/aromatic N) is 2. The molecule has 1 N–H and O–H groups in total. The second-order valence-electron chi connectivity index (χ2n) is 5.64. The molecule has 2 atom stereocenters. The first-order valence-electron chi connectivity index (χ1n) is 7.58. The first kappa shape index (κ1) is 16.5. The van der Waals surface area contributed by atoms with Crippen LogP contribution in [-0.2, 0) is 10.0 Å². The van der Waals surface area contributed by atoms with Gasteiger partial charge in [-0.15, -0.1) is 0 Å². The number of piperidine rings is 1. The molecule has 0 radical (unpaired) electrons. The minimum atomic E-state index is -3.51. The molecule has 0 aliphatic carbocycles. The van der Waals surface area contributed by atoms with Gasteiger partial charge in [-0.2, -0.15) is 4.31 Å². The molecule has 0 aromatic carbocycles. The van der Waals surface area contributed by atoms with E-state index in [2.05, 4.69) is 24.3 Å². The fourth-order valence-electron chi connectivity index (χ4n) is 3.13. The highest BCUT2D eigenvalue weighted by molar-refractivity contribution is 7.89. The zero-order chi connectivity index (χ0) is 15.6. The van der Waals surface area contributed by atoms with Crippen LogP contribution >= 0.6 is 0 Å². The Labute approximate surface area is 126 Å². The van der Waals surface area contributed by atoms with Crippen molar-refractivity contribution in [3.05, 3.63) is 11.5 Å². The molecule has 1 saturated heterocycles. The Balaban J connectivity index is 2.23. The SMILES string of the molecule is CCNC1CCN(S(=O)(=O)c2c(C)noc2C)CC1CC. The highest BCUT2D eigenvalue weighted by atomic mass is 32.2. The van der Waals surface area contributed by atoms with E-state index in [0.717, 1.165) is 19.4 Å². The molecular formula is C14H25N3O3S. The Bertz CT molecular complexity index is 563. The first-order chi connectivity index (χ1) is 9.91. The van der Waals surface area contributed by atoms with Gasteiger partial charge in [-0.1, -0.05) is 25.4 Å². The van der Waals surface area contributed by atoms with Crippen LogP contribution in [0, 0.1) is 19.8 Å². The number of sulfonamides is 1. The summed E-state index contributed by atoms with van der Waals surface area (Å²) in [4.78, 5) is 0.235. The topological polar surface area (TPSA) is 75.4 Å². The summed E-state index contributed by atoms with van der Waals surface area (Å²) in [5.41, 5.74) is 0.439. The van der Waals surface area contributed by atoms with Crippen LogP contribution < -0.4 is 5.32 Å². The van der Waals surface area contributed by atoms with Crippen LogP contribution in [0.15, 0.2) is 9.42 Å². The molecule has 7 heteroatoms. The summed E-state index contributed by atoms with van der Waals surface area (Å²) >= 11 is 0. The molecule has 120 valence electrons. The molecular weight excluding hydrogens is 290 g/mol. The van der Waals surface area contributed by atoms with Gasteiger partial charge in [-0.05, 0) is 32.7 Å². The third kappa shape index (κ3) is 3.14. The molecule has 0 saturated carbocycles. The lowest BCUT2D eigenvalue weighted by atomic mass is 9.91. The minimum absolute atomic E-state index is 0.235. The molecule has 1 aromatic heterocycles. The maximum absolute atomic E-state index is 12.8. The standard InChI is InChI=1S/C14H25N3O3S/c1-5-12-9-17(8-7-13(12)15-6-2)21(18,19)14-10(3)16-20-11(14)4/h12-13,15H,5-9H2,1-4H3. The Morgan fingerprint density at radius 1 is 1.38 bits per heavy atom. The first-order valence-corrected chi connectivity index (χ1v) is 9.02. The summed E-state index contributed by atoms with van der Waals surface area (Å²) < 4.78 is 32.2. The van der Waals surface area contributed by atoms with E-state index >= 15 is 0 Å². The van der Waals surface area contributed by atoms with Crippen molar-refractivity contribution in [3.8, 4) is 0 Å². The molecule has 1 aliphatic rings. The van der Waals surface area contributed by atoms with Crippen molar-refractivity contribution in [2.45, 2.75) is 51.5 Å². The molecule has 0 bridgehead atoms. The molecule has 0 amide bonds. The van der Waals surface area contributed by atoms with Gasteiger partial charge in [0.25, 0.3) is 0 Å². The second kappa shape index (κ2) is 6.46. The maximum atomic E-state index is 12.8. The van der Waals surface area contributed by atoms with E-state index < -0.39 is 10.0 Å². The number of hydrogen-bond acceptors (Lipinski definition) is 5. The Morgan fingerprint density at radius 2 is 2.10 bits per heavy atom. The molecule has 1 aliphatic heterocycles. The lowest BCUT2D eigenvalue weighted by molar-refractivity contribution is 0.204. The molecule has 2 rings (SSSR count). The van der Waals surface area contributed by atoms with E-state index in [1.54, 1.807) is 18.2 Å². The van der Waals surface area contributed by atoms with Crippen LogP contribution in [-0.4, -0.2) is 43.6 Å². The van der Waals surface area contributed by atoms with Crippen molar-refractivity contribution in [2.24, 2.45) is 5.92 Å². The summed E-state index contributed by atoms with van der Waals surface area (Å²) in [6.45, 7) is 9.53. The van der Waals surface area contributed by atoms with Crippen LogP contribution in [0.2, 0.25) is 0 Å². The number of hydrogen-bond donors (Lipinski definition) is 1. The van der Waals surface area contributed by atoms with E-state index in [9.17, 15) is 8.42 Å². The predicted molar refractivity (Wildman–Crippen MR) is 80.6 cm³/mol. The van der Waals surface area contributed by atoms with E-state index in [-0.39, 0.29) is 4.90 Å². The van der Waals surface area contributed by atoms with Gasteiger partial charge in [0.15, 0.2) is 5.76 Å². The van der Waals surface area contributed by atoms with Crippen LogP contribution in [0.4, 0.5) is 0 Å². The van der Waals surface area contributed by atoms with Gasteiger partial charge in [0.1, 0.15) is 10.6 Å². The third-order valence-corrected chi connectivity index (χ3v) is 6.36. The molecule has 1 fully saturated rings. The van der Waals surface area contributed by atoms with Gasteiger partial charge in [0.2, 0.25) is 10.0 Å². The zero-order valence-corrected chi connectivity index (χ0v) is 14.0. The fraction of sp³-hybridized carbons (Fsp3) is 0.786. The molecule has 21 heavy (non-hydrogen) atoms. The van der Waals surface area contributed by atoms with Gasteiger partial charge in [0, 0.05) is 19.1 Å². The second-order valence-corrected chi connectivity index (χ2v) is 7.51. The Kier molecular flexibility index (Phi) is 5.06. The third-order valence-electron chi connectivity index (χ3n) is 4.25. The molecule has 2 unspecified atom stereocenters. The largest absolute Gasteiger partial charge is 0.360 e. The normalized spacial score (nSPS) is 24.4. The van der Waals surface area contributed by atoms with E-state index in [0.29, 0.717) is 36.5 Å². The van der Waals surface area contributed by atoms with Crippen molar-refractivity contribution in [3.63, 3.8) is 0 Å². The van der Waals surface area contributed by atoms with Crippen LogP contribution in [0.1, 0.15) is 38.1 Å². The van der Waals surface area contributed by atoms with Crippen molar-refractivity contribution in [2.75, 3.05) is 19.6 Å². The quantitative estimate of drug-likeness (QED) is 0.895. The van der Waals surface area contributed by atoms with Crippen molar-refractivity contribution >= 4 is 10.0 Å². The average molecular weight is 315 g/mol. The molecule has 2 heterocycles. The van der Waals surface area contributed by atoms with Gasteiger partial charge < -0.3 is 9.84 Å². The van der Waals surface area contributed by atoms with Crippen molar-refractivity contribution in [1.82, 2.24) is 14.8 Å². The number of aromatic nitrogens is 1. The molecule has 1 aromatic rings. The van der Waals surface area contributed by atoms with Crippen molar-refractivity contribution in [1.29, 1.82) is 0 Å².